The predicted molar refractivity (Wildman–Crippen MR) is 83.0 cm³/mol. The highest BCUT2D eigenvalue weighted by Gasteiger charge is 2.17. The van der Waals surface area contributed by atoms with Crippen molar-refractivity contribution in [2.45, 2.75) is 6.92 Å². The van der Waals surface area contributed by atoms with E-state index in [1.54, 1.807) is 24.3 Å². The van der Waals surface area contributed by atoms with Crippen LogP contribution in [0.4, 0.5) is 5.69 Å². The molecule has 0 saturated carbocycles. The van der Waals surface area contributed by atoms with E-state index in [4.69, 9.17) is 23.2 Å². The Hall–Kier alpha value is -2.11. The number of benzene rings is 1. The summed E-state index contributed by atoms with van der Waals surface area (Å²) in [7, 11) is 0. The van der Waals surface area contributed by atoms with Crippen LogP contribution >= 0.6 is 23.2 Å². The summed E-state index contributed by atoms with van der Waals surface area (Å²) < 4.78 is 0. The Morgan fingerprint density at radius 3 is 2.67 bits per heavy atom. The summed E-state index contributed by atoms with van der Waals surface area (Å²) in [6.45, 7) is 1.82. The molecule has 0 fully saturated rings. The quantitative estimate of drug-likeness (QED) is 0.753. The van der Waals surface area contributed by atoms with Crippen LogP contribution in [0.15, 0.2) is 30.5 Å². The molecule has 0 atom stereocenters. The first kappa shape index (κ1) is 13.9. The van der Waals surface area contributed by atoms with E-state index >= 15 is 0 Å². The molecule has 2 aromatic heterocycles. The van der Waals surface area contributed by atoms with Crippen molar-refractivity contribution in [1.82, 2.24) is 15.2 Å². The molecular formula is C14H10Cl2N4O. The van der Waals surface area contributed by atoms with Crippen LogP contribution < -0.4 is 5.32 Å². The molecule has 106 valence electrons. The summed E-state index contributed by atoms with van der Waals surface area (Å²) in [4.78, 5) is 16.4. The lowest BCUT2D eigenvalue weighted by molar-refractivity contribution is 0.102. The lowest BCUT2D eigenvalue weighted by Crippen LogP contribution is -2.13. The van der Waals surface area contributed by atoms with Crippen molar-refractivity contribution in [3.8, 4) is 0 Å². The van der Waals surface area contributed by atoms with E-state index in [1.807, 2.05) is 6.92 Å². The minimum Gasteiger partial charge on any atom is -0.322 e. The summed E-state index contributed by atoms with van der Waals surface area (Å²) in [5.74, 6) is -0.336. The Morgan fingerprint density at radius 2 is 1.95 bits per heavy atom. The van der Waals surface area contributed by atoms with Crippen molar-refractivity contribution in [3.63, 3.8) is 0 Å². The van der Waals surface area contributed by atoms with E-state index in [1.165, 1.54) is 6.20 Å². The second-order valence-corrected chi connectivity index (χ2v) is 5.31. The largest absolute Gasteiger partial charge is 0.322 e. The molecule has 0 radical (unpaired) electrons. The standard InChI is InChI=1S/C14H10Cl2N4O/c1-7-11-12(16)10(6-17-13(11)20-19-7)14(21)18-9-4-2-8(15)3-5-9/h2-6H,1H3,(H,18,21)(H,17,19,20). The van der Waals surface area contributed by atoms with Crippen LogP contribution in [-0.4, -0.2) is 21.1 Å². The first-order valence-corrected chi connectivity index (χ1v) is 6.88. The number of hydrogen-bond acceptors (Lipinski definition) is 3. The molecule has 1 aromatic carbocycles. The molecule has 0 aliphatic carbocycles. The fourth-order valence-corrected chi connectivity index (χ4v) is 2.47. The molecule has 0 aliphatic rings. The summed E-state index contributed by atoms with van der Waals surface area (Å²) in [5.41, 5.74) is 2.18. The first-order valence-electron chi connectivity index (χ1n) is 6.12. The van der Waals surface area contributed by atoms with Gasteiger partial charge in [-0.15, -0.1) is 0 Å². The Morgan fingerprint density at radius 1 is 1.24 bits per heavy atom. The van der Waals surface area contributed by atoms with Gasteiger partial charge >= 0.3 is 0 Å². The van der Waals surface area contributed by atoms with Crippen molar-refractivity contribution >= 4 is 45.8 Å². The fourth-order valence-electron chi connectivity index (χ4n) is 1.98. The Kier molecular flexibility index (Phi) is 3.53. The molecule has 3 aromatic rings. The summed E-state index contributed by atoms with van der Waals surface area (Å²) in [6, 6.07) is 6.81. The molecular weight excluding hydrogens is 311 g/mol. The molecule has 3 rings (SSSR count). The highest BCUT2D eigenvalue weighted by atomic mass is 35.5. The molecule has 0 unspecified atom stereocenters. The lowest BCUT2D eigenvalue weighted by Gasteiger charge is -2.07. The number of aryl methyl sites for hydroxylation is 1. The zero-order valence-electron chi connectivity index (χ0n) is 10.9. The van der Waals surface area contributed by atoms with Crippen molar-refractivity contribution in [1.29, 1.82) is 0 Å². The topological polar surface area (TPSA) is 70.7 Å². The number of amides is 1. The number of nitrogens with zero attached hydrogens (tertiary/aromatic N) is 2. The number of fused-ring (bicyclic) bond motifs is 1. The molecule has 0 saturated heterocycles. The van der Waals surface area contributed by atoms with Gasteiger partial charge in [0.2, 0.25) is 0 Å². The molecule has 21 heavy (non-hydrogen) atoms. The van der Waals surface area contributed by atoms with E-state index in [9.17, 15) is 4.79 Å². The minimum absolute atomic E-state index is 0.295. The van der Waals surface area contributed by atoms with Gasteiger partial charge in [0, 0.05) is 22.6 Å². The second kappa shape index (κ2) is 5.35. The van der Waals surface area contributed by atoms with Gasteiger partial charge in [-0.3, -0.25) is 9.89 Å². The third-order valence-electron chi connectivity index (χ3n) is 3.05. The monoisotopic (exact) mass is 320 g/mol. The third-order valence-corrected chi connectivity index (χ3v) is 3.69. The number of aromatic amines is 1. The van der Waals surface area contributed by atoms with Gasteiger partial charge in [0.25, 0.3) is 5.91 Å². The maximum atomic E-state index is 12.3. The maximum Gasteiger partial charge on any atom is 0.258 e. The van der Waals surface area contributed by atoms with Gasteiger partial charge in [0.15, 0.2) is 5.65 Å². The Labute approximate surface area is 130 Å². The molecule has 2 N–H and O–H groups in total. The van der Waals surface area contributed by atoms with E-state index in [0.717, 1.165) is 5.69 Å². The SMILES string of the molecule is Cc1[nH]nc2ncc(C(=O)Nc3ccc(Cl)cc3)c(Cl)c12. The highest BCUT2D eigenvalue weighted by molar-refractivity contribution is 6.39. The minimum atomic E-state index is -0.336. The summed E-state index contributed by atoms with van der Waals surface area (Å²) >= 11 is 12.1. The van der Waals surface area contributed by atoms with Crippen LogP contribution in [0.3, 0.4) is 0 Å². The molecule has 0 spiro atoms. The zero-order chi connectivity index (χ0) is 15.0. The van der Waals surface area contributed by atoms with Gasteiger partial charge < -0.3 is 5.32 Å². The van der Waals surface area contributed by atoms with Crippen molar-refractivity contribution in [2.75, 3.05) is 5.32 Å². The zero-order valence-corrected chi connectivity index (χ0v) is 12.5. The van der Waals surface area contributed by atoms with Crippen LogP contribution in [0.5, 0.6) is 0 Å². The number of halogens is 2. The van der Waals surface area contributed by atoms with Crippen molar-refractivity contribution < 1.29 is 4.79 Å². The second-order valence-electron chi connectivity index (χ2n) is 4.49. The molecule has 7 heteroatoms. The van der Waals surface area contributed by atoms with E-state index < -0.39 is 0 Å². The van der Waals surface area contributed by atoms with Crippen LogP contribution in [0.2, 0.25) is 10.0 Å². The Balaban J connectivity index is 1.96. The van der Waals surface area contributed by atoms with Crippen LogP contribution in [0.1, 0.15) is 16.1 Å². The predicted octanol–water partition coefficient (Wildman–Crippen LogP) is 3.83. The lowest BCUT2D eigenvalue weighted by atomic mass is 10.2. The van der Waals surface area contributed by atoms with Crippen molar-refractivity contribution in [2.24, 2.45) is 0 Å². The number of nitrogens with one attached hydrogen (secondary N) is 2. The number of H-pyrrole nitrogens is 1. The van der Waals surface area contributed by atoms with Crippen LogP contribution in [0, 0.1) is 6.92 Å². The molecule has 5 nitrogen and oxygen atoms in total. The number of rotatable bonds is 2. The third kappa shape index (κ3) is 2.57. The van der Waals surface area contributed by atoms with Gasteiger partial charge in [-0.1, -0.05) is 23.2 Å². The number of carbonyl (C=O) groups is 1. The number of hydrogen-bond donors (Lipinski definition) is 2. The van der Waals surface area contributed by atoms with Gasteiger partial charge in [-0.25, -0.2) is 4.98 Å². The number of anilines is 1. The smallest absolute Gasteiger partial charge is 0.258 e. The molecule has 0 bridgehead atoms. The average molecular weight is 321 g/mol. The maximum absolute atomic E-state index is 12.3. The van der Waals surface area contributed by atoms with Gasteiger partial charge in [0.05, 0.1) is 16.0 Å². The highest BCUT2D eigenvalue weighted by Crippen LogP contribution is 2.27. The first-order chi connectivity index (χ1) is 10.1. The number of pyridine rings is 1. The van der Waals surface area contributed by atoms with Crippen molar-refractivity contribution in [3.05, 3.63) is 51.8 Å². The molecule has 0 aliphatic heterocycles. The van der Waals surface area contributed by atoms with E-state index in [-0.39, 0.29) is 5.91 Å². The summed E-state index contributed by atoms with van der Waals surface area (Å²) in [6.07, 6.45) is 1.41. The number of aromatic nitrogens is 3. The molecule has 1 amide bonds. The molecule has 2 heterocycles. The fraction of sp³-hybridized carbons (Fsp3) is 0.0714. The summed E-state index contributed by atoms with van der Waals surface area (Å²) in [5, 5.41) is 11.1. The van der Waals surface area contributed by atoms with Gasteiger partial charge in [0.1, 0.15) is 0 Å². The average Bonchev–Trinajstić information content (AvgIpc) is 2.84. The van der Waals surface area contributed by atoms with Gasteiger partial charge in [-0.2, -0.15) is 5.10 Å². The number of carbonyl (C=O) groups excluding carboxylic acids is 1. The normalized spacial score (nSPS) is 10.8. The van der Waals surface area contributed by atoms with Gasteiger partial charge in [-0.05, 0) is 31.2 Å². The van der Waals surface area contributed by atoms with E-state index in [2.05, 4.69) is 20.5 Å². The van der Waals surface area contributed by atoms with E-state index in [0.29, 0.717) is 32.3 Å². The Bertz CT molecular complexity index is 827. The van der Waals surface area contributed by atoms with Crippen LogP contribution in [-0.2, 0) is 0 Å². The van der Waals surface area contributed by atoms with Crippen LogP contribution in [0.25, 0.3) is 11.0 Å².